The first kappa shape index (κ1) is 20.2. The standard InChI is InChI=1S/C18H21FN2.C6H7N/c19-17-7-5-14(6-8-17)11-18-12-15-3-1-2-4-16(15)13-21(18)10-9-20;1-6-2-4-7-5-3-6/h1-8,18H,9-13,20H2;2-5H,1H3. The summed E-state index contributed by atoms with van der Waals surface area (Å²) in [5.41, 5.74) is 11.0. The van der Waals surface area contributed by atoms with Gasteiger partial charge in [-0.1, -0.05) is 36.4 Å². The van der Waals surface area contributed by atoms with Crippen LogP contribution in [0.5, 0.6) is 0 Å². The van der Waals surface area contributed by atoms with Gasteiger partial charge in [0.2, 0.25) is 0 Å². The predicted octanol–water partition coefficient (Wildman–Crippen LogP) is 4.14. The summed E-state index contributed by atoms with van der Waals surface area (Å²) < 4.78 is 13.0. The van der Waals surface area contributed by atoms with Crippen LogP contribution in [-0.4, -0.2) is 29.0 Å². The average molecular weight is 378 g/mol. The summed E-state index contributed by atoms with van der Waals surface area (Å²) in [5, 5.41) is 0. The number of aryl methyl sites for hydroxylation is 1. The largest absolute Gasteiger partial charge is 0.329 e. The molecule has 1 aliphatic rings. The number of rotatable bonds is 4. The molecule has 0 aliphatic carbocycles. The van der Waals surface area contributed by atoms with Gasteiger partial charge in [-0.25, -0.2) is 4.39 Å². The van der Waals surface area contributed by atoms with Crippen molar-refractivity contribution in [2.24, 2.45) is 5.73 Å². The molecule has 1 atom stereocenters. The Morgan fingerprint density at radius 2 is 1.68 bits per heavy atom. The zero-order valence-electron chi connectivity index (χ0n) is 16.4. The number of fused-ring (bicyclic) bond motifs is 1. The highest BCUT2D eigenvalue weighted by Crippen LogP contribution is 2.25. The van der Waals surface area contributed by atoms with Crippen molar-refractivity contribution in [3.8, 4) is 0 Å². The Hall–Kier alpha value is -2.56. The summed E-state index contributed by atoms with van der Waals surface area (Å²) in [7, 11) is 0. The Morgan fingerprint density at radius 1 is 1.00 bits per heavy atom. The van der Waals surface area contributed by atoms with Crippen molar-refractivity contribution >= 4 is 0 Å². The number of nitrogens with two attached hydrogens (primary N) is 1. The Bertz CT molecular complexity index is 849. The second-order valence-electron chi connectivity index (χ2n) is 7.24. The molecule has 28 heavy (non-hydrogen) atoms. The van der Waals surface area contributed by atoms with Crippen LogP contribution in [0.3, 0.4) is 0 Å². The fraction of sp³-hybridized carbons (Fsp3) is 0.292. The van der Waals surface area contributed by atoms with Crippen molar-refractivity contribution in [2.45, 2.75) is 32.4 Å². The van der Waals surface area contributed by atoms with Crippen LogP contribution in [0.4, 0.5) is 4.39 Å². The van der Waals surface area contributed by atoms with Gasteiger partial charge < -0.3 is 5.73 Å². The van der Waals surface area contributed by atoms with Gasteiger partial charge >= 0.3 is 0 Å². The molecule has 2 heterocycles. The molecule has 4 heteroatoms. The van der Waals surface area contributed by atoms with Crippen LogP contribution >= 0.6 is 0 Å². The Kier molecular flexibility index (Phi) is 7.29. The minimum absolute atomic E-state index is 0.174. The molecule has 3 aromatic rings. The normalized spacial score (nSPS) is 16.0. The summed E-state index contributed by atoms with van der Waals surface area (Å²) >= 11 is 0. The van der Waals surface area contributed by atoms with Gasteiger partial charge in [-0.2, -0.15) is 0 Å². The Labute approximate surface area is 167 Å². The van der Waals surface area contributed by atoms with Crippen molar-refractivity contribution in [1.29, 1.82) is 0 Å². The van der Waals surface area contributed by atoms with Gasteiger partial charge in [-0.05, 0) is 66.3 Å². The number of aromatic nitrogens is 1. The molecule has 0 saturated heterocycles. The third-order valence-electron chi connectivity index (χ3n) is 5.11. The molecule has 2 N–H and O–H groups in total. The maximum absolute atomic E-state index is 13.0. The van der Waals surface area contributed by atoms with Crippen molar-refractivity contribution in [1.82, 2.24) is 9.88 Å². The molecule has 0 saturated carbocycles. The summed E-state index contributed by atoms with van der Waals surface area (Å²) in [4.78, 5) is 6.30. The van der Waals surface area contributed by atoms with E-state index in [1.165, 1.54) is 22.3 Å². The molecule has 1 aliphatic heterocycles. The average Bonchev–Trinajstić information content (AvgIpc) is 2.71. The number of hydrogen-bond donors (Lipinski definition) is 1. The summed E-state index contributed by atoms with van der Waals surface area (Å²) in [6, 6.07) is 19.9. The Balaban J connectivity index is 0.000000271. The highest BCUT2D eigenvalue weighted by Gasteiger charge is 2.25. The van der Waals surface area contributed by atoms with Gasteiger partial charge in [0.15, 0.2) is 0 Å². The van der Waals surface area contributed by atoms with Gasteiger partial charge in [-0.15, -0.1) is 0 Å². The fourth-order valence-electron chi connectivity index (χ4n) is 3.59. The minimum Gasteiger partial charge on any atom is -0.329 e. The molecule has 4 rings (SSSR count). The molecule has 0 fully saturated rings. The van der Waals surface area contributed by atoms with Crippen LogP contribution in [0.1, 0.15) is 22.3 Å². The highest BCUT2D eigenvalue weighted by atomic mass is 19.1. The molecular formula is C24H28FN3. The van der Waals surface area contributed by atoms with E-state index in [-0.39, 0.29) is 5.82 Å². The molecule has 0 radical (unpaired) electrons. The van der Waals surface area contributed by atoms with E-state index in [0.29, 0.717) is 12.6 Å². The highest BCUT2D eigenvalue weighted by molar-refractivity contribution is 5.31. The summed E-state index contributed by atoms with van der Waals surface area (Å²) in [6.07, 6.45) is 5.55. The van der Waals surface area contributed by atoms with Gasteiger partial charge in [0, 0.05) is 38.1 Å². The van der Waals surface area contributed by atoms with E-state index in [2.05, 4.69) is 34.1 Å². The molecule has 0 spiro atoms. The fourth-order valence-corrected chi connectivity index (χ4v) is 3.59. The second-order valence-corrected chi connectivity index (χ2v) is 7.24. The first-order chi connectivity index (χ1) is 13.7. The van der Waals surface area contributed by atoms with Crippen molar-refractivity contribution in [3.63, 3.8) is 0 Å². The molecule has 0 amide bonds. The van der Waals surface area contributed by atoms with Gasteiger partial charge in [0.1, 0.15) is 5.82 Å². The quantitative estimate of drug-likeness (QED) is 0.743. The smallest absolute Gasteiger partial charge is 0.123 e. The van der Waals surface area contributed by atoms with E-state index in [1.54, 1.807) is 24.5 Å². The maximum Gasteiger partial charge on any atom is 0.123 e. The predicted molar refractivity (Wildman–Crippen MR) is 112 cm³/mol. The van der Waals surface area contributed by atoms with E-state index < -0.39 is 0 Å². The Morgan fingerprint density at radius 3 is 2.29 bits per heavy atom. The number of halogens is 1. The van der Waals surface area contributed by atoms with E-state index in [9.17, 15) is 4.39 Å². The van der Waals surface area contributed by atoms with Crippen LogP contribution in [0.15, 0.2) is 73.1 Å². The van der Waals surface area contributed by atoms with Crippen LogP contribution < -0.4 is 5.73 Å². The molecular weight excluding hydrogens is 349 g/mol. The van der Waals surface area contributed by atoms with E-state index in [0.717, 1.165) is 25.9 Å². The van der Waals surface area contributed by atoms with Crippen molar-refractivity contribution < 1.29 is 4.39 Å². The molecule has 2 aromatic carbocycles. The lowest BCUT2D eigenvalue weighted by Crippen LogP contribution is -2.44. The molecule has 3 nitrogen and oxygen atoms in total. The van der Waals surface area contributed by atoms with Crippen LogP contribution in [0, 0.1) is 12.7 Å². The lowest BCUT2D eigenvalue weighted by Gasteiger charge is -2.37. The third-order valence-corrected chi connectivity index (χ3v) is 5.11. The summed E-state index contributed by atoms with van der Waals surface area (Å²) in [6.45, 7) is 4.57. The number of nitrogens with zero attached hydrogens (tertiary/aromatic N) is 2. The minimum atomic E-state index is -0.174. The monoisotopic (exact) mass is 377 g/mol. The summed E-state index contributed by atoms with van der Waals surface area (Å²) in [5.74, 6) is -0.174. The topological polar surface area (TPSA) is 42.1 Å². The molecule has 1 unspecified atom stereocenters. The first-order valence-electron chi connectivity index (χ1n) is 9.77. The van der Waals surface area contributed by atoms with E-state index in [1.807, 2.05) is 31.2 Å². The lowest BCUT2D eigenvalue weighted by molar-refractivity contribution is 0.175. The van der Waals surface area contributed by atoms with Gasteiger partial charge in [0.05, 0.1) is 0 Å². The zero-order chi connectivity index (χ0) is 19.8. The lowest BCUT2D eigenvalue weighted by atomic mass is 9.90. The van der Waals surface area contributed by atoms with Crippen LogP contribution in [0.25, 0.3) is 0 Å². The first-order valence-corrected chi connectivity index (χ1v) is 9.77. The van der Waals surface area contributed by atoms with E-state index in [4.69, 9.17) is 5.73 Å². The second kappa shape index (κ2) is 10.1. The van der Waals surface area contributed by atoms with Crippen molar-refractivity contribution in [3.05, 3.63) is 101 Å². The number of pyridine rings is 1. The third kappa shape index (κ3) is 5.72. The SMILES string of the molecule is Cc1ccncc1.NCCN1Cc2ccccc2CC1Cc1ccc(F)cc1. The number of hydrogen-bond acceptors (Lipinski definition) is 3. The maximum atomic E-state index is 13.0. The molecule has 1 aromatic heterocycles. The van der Waals surface area contributed by atoms with Gasteiger partial charge in [0.25, 0.3) is 0 Å². The molecule has 146 valence electrons. The number of benzene rings is 2. The van der Waals surface area contributed by atoms with Gasteiger partial charge in [-0.3, -0.25) is 9.88 Å². The van der Waals surface area contributed by atoms with Crippen LogP contribution in [0.2, 0.25) is 0 Å². The van der Waals surface area contributed by atoms with Crippen molar-refractivity contribution in [2.75, 3.05) is 13.1 Å². The molecule has 0 bridgehead atoms. The van der Waals surface area contributed by atoms with Crippen LogP contribution in [-0.2, 0) is 19.4 Å². The zero-order valence-corrected chi connectivity index (χ0v) is 16.4. The van der Waals surface area contributed by atoms with E-state index >= 15 is 0 Å².